The Morgan fingerprint density at radius 2 is 2.05 bits per heavy atom. The minimum absolute atomic E-state index is 0. The van der Waals surface area contributed by atoms with Gasteiger partial charge in [0.25, 0.3) is 11.6 Å². The van der Waals surface area contributed by atoms with Gasteiger partial charge in [-0.3, -0.25) is 14.9 Å². The highest BCUT2D eigenvalue weighted by Crippen LogP contribution is 2.27. The van der Waals surface area contributed by atoms with Crippen molar-refractivity contribution in [2.75, 3.05) is 19.6 Å². The molecule has 1 amide bonds. The number of carbonyl (C=O) groups excluding carboxylic acids is 1. The van der Waals surface area contributed by atoms with E-state index in [1.54, 1.807) is 12.1 Å². The maximum absolute atomic E-state index is 12.3. The number of nitro benzene ring substituents is 1. The van der Waals surface area contributed by atoms with Gasteiger partial charge in [0.15, 0.2) is 0 Å². The zero-order chi connectivity index (χ0) is 15.5. The molecule has 1 fully saturated rings. The van der Waals surface area contributed by atoms with Crippen LogP contribution in [-0.4, -0.2) is 30.5 Å². The molecular formula is C15H22ClN3O3. The highest BCUT2D eigenvalue weighted by Gasteiger charge is 2.28. The molecule has 22 heavy (non-hydrogen) atoms. The summed E-state index contributed by atoms with van der Waals surface area (Å²) in [6, 6.07) is 4.59. The molecule has 2 rings (SSSR count). The molecule has 0 radical (unpaired) electrons. The Kier molecular flexibility index (Phi) is 6.32. The van der Waals surface area contributed by atoms with Crippen LogP contribution in [0.25, 0.3) is 0 Å². The van der Waals surface area contributed by atoms with E-state index in [1.165, 1.54) is 6.07 Å². The summed E-state index contributed by atoms with van der Waals surface area (Å²) in [5, 5.41) is 17.2. The fraction of sp³-hybridized carbons (Fsp3) is 0.533. The second kappa shape index (κ2) is 7.56. The van der Waals surface area contributed by atoms with E-state index in [-0.39, 0.29) is 35.0 Å². The third kappa shape index (κ3) is 4.42. The van der Waals surface area contributed by atoms with Crippen molar-refractivity contribution < 1.29 is 9.72 Å². The van der Waals surface area contributed by atoms with E-state index in [4.69, 9.17) is 0 Å². The monoisotopic (exact) mass is 327 g/mol. The molecule has 1 aromatic carbocycles. The van der Waals surface area contributed by atoms with Gasteiger partial charge in [-0.1, -0.05) is 13.0 Å². The first-order valence-electron chi connectivity index (χ1n) is 7.15. The Balaban J connectivity index is 0.00000242. The lowest BCUT2D eigenvalue weighted by Crippen LogP contribution is -2.43. The summed E-state index contributed by atoms with van der Waals surface area (Å²) in [5.74, 6) is -0.370. The first-order chi connectivity index (χ1) is 9.91. The predicted molar refractivity (Wildman–Crippen MR) is 87.6 cm³/mol. The highest BCUT2D eigenvalue weighted by molar-refractivity contribution is 5.98. The predicted octanol–water partition coefficient (Wildman–Crippen LogP) is 2.44. The maximum Gasteiger partial charge on any atom is 0.282 e. The molecule has 0 spiro atoms. The number of nitrogens with one attached hydrogen (secondary N) is 2. The number of nitrogens with zero attached hydrogens (tertiary/aromatic N) is 1. The number of nitro groups is 1. The van der Waals surface area contributed by atoms with E-state index in [2.05, 4.69) is 17.6 Å². The largest absolute Gasteiger partial charge is 0.351 e. The SMILES string of the molecule is Cc1ccc([N+](=O)[O-])c(C(=O)NCC2(C)CCNCC2)c1.Cl. The minimum atomic E-state index is -0.513. The average Bonchev–Trinajstić information content (AvgIpc) is 2.45. The summed E-state index contributed by atoms with van der Waals surface area (Å²) in [6.45, 7) is 6.37. The van der Waals surface area contributed by atoms with Crippen molar-refractivity contribution in [2.45, 2.75) is 26.7 Å². The van der Waals surface area contributed by atoms with Crippen molar-refractivity contribution in [3.63, 3.8) is 0 Å². The van der Waals surface area contributed by atoms with Crippen LogP contribution in [0.3, 0.4) is 0 Å². The number of rotatable bonds is 4. The van der Waals surface area contributed by atoms with Crippen LogP contribution in [0.1, 0.15) is 35.7 Å². The number of piperidine rings is 1. The van der Waals surface area contributed by atoms with Gasteiger partial charge in [0.1, 0.15) is 5.56 Å². The number of benzene rings is 1. The molecule has 1 aliphatic heterocycles. The molecule has 1 heterocycles. The molecule has 0 atom stereocenters. The van der Waals surface area contributed by atoms with Crippen molar-refractivity contribution in [3.8, 4) is 0 Å². The van der Waals surface area contributed by atoms with E-state index in [0.29, 0.717) is 6.54 Å². The normalized spacial score (nSPS) is 16.5. The number of aryl methyl sites for hydroxylation is 1. The van der Waals surface area contributed by atoms with Crippen LogP contribution in [-0.2, 0) is 0 Å². The van der Waals surface area contributed by atoms with E-state index in [1.807, 2.05) is 6.92 Å². The summed E-state index contributed by atoms with van der Waals surface area (Å²) in [6.07, 6.45) is 1.98. The highest BCUT2D eigenvalue weighted by atomic mass is 35.5. The summed E-state index contributed by atoms with van der Waals surface area (Å²) in [4.78, 5) is 22.8. The molecule has 0 unspecified atom stereocenters. The molecule has 1 saturated heterocycles. The molecule has 0 saturated carbocycles. The fourth-order valence-corrected chi connectivity index (χ4v) is 2.59. The molecule has 122 valence electrons. The lowest BCUT2D eigenvalue weighted by atomic mass is 9.81. The Morgan fingerprint density at radius 1 is 1.41 bits per heavy atom. The van der Waals surface area contributed by atoms with Gasteiger partial charge in [0.05, 0.1) is 4.92 Å². The number of hydrogen-bond donors (Lipinski definition) is 2. The topological polar surface area (TPSA) is 84.3 Å². The van der Waals surface area contributed by atoms with Gasteiger partial charge in [0, 0.05) is 12.6 Å². The van der Waals surface area contributed by atoms with Gasteiger partial charge >= 0.3 is 0 Å². The van der Waals surface area contributed by atoms with Crippen LogP contribution in [0.5, 0.6) is 0 Å². The lowest BCUT2D eigenvalue weighted by molar-refractivity contribution is -0.385. The zero-order valence-electron chi connectivity index (χ0n) is 12.8. The number of amides is 1. The summed E-state index contributed by atoms with van der Waals surface area (Å²) in [7, 11) is 0. The van der Waals surface area contributed by atoms with Crippen molar-refractivity contribution in [3.05, 3.63) is 39.4 Å². The van der Waals surface area contributed by atoms with Crippen LogP contribution in [0.4, 0.5) is 5.69 Å². The lowest BCUT2D eigenvalue weighted by Gasteiger charge is -2.34. The van der Waals surface area contributed by atoms with E-state index in [0.717, 1.165) is 31.5 Å². The molecule has 7 heteroatoms. The van der Waals surface area contributed by atoms with Crippen LogP contribution < -0.4 is 10.6 Å². The summed E-state index contributed by atoms with van der Waals surface area (Å²) >= 11 is 0. The Labute approximate surface area is 136 Å². The fourth-order valence-electron chi connectivity index (χ4n) is 2.59. The van der Waals surface area contributed by atoms with E-state index >= 15 is 0 Å². The molecule has 0 aliphatic carbocycles. The quantitative estimate of drug-likeness (QED) is 0.657. The van der Waals surface area contributed by atoms with Crippen molar-refractivity contribution >= 4 is 24.0 Å². The van der Waals surface area contributed by atoms with Gasteiger partial charge in [0.2, 0.25) is 0 Å². The molecule has 1 aromatic rings. The number of hydrogen-bond acceptors (Lipinski definition) is 4. The van der Waals surface area contributed by atoms with Gasteiger partial charge < -0.3 is 10.6 Å². The van der Waals surface area contributed by atoms with Gasteiger partial charge in [-0.15, -0.1) is 12.4 Å². The molecule has 1 aliphatic rings. The minimum Gasteiger partial charge on any atom is -0.351 e. The molecule has 0 aromatic heterocycles. The third-order valence-electron chi connectivity index (χ3n) is 4.08. The first kappa shape index (κ1) is 18.4. The number of halogens is 1. The van der Waals surface area contributed by atoms with Crippen LogP contribution in [0.15, 0.2) is 18.2 Å². The second-order valence-corrected chi connectivity index (χ2v) is 6.02. The van der Waals surface area contributed by atoms with E-state index in [9.17, 15) is 14.9 Å². The van der Waals surface area contributed by atoms with Gasteiger partial charge in [-0.05, 0) is 49.9 Å². The van der Waals surface area contributed by atoms with Crippen LogP contribution in [0.2, 0.25) is 0 Å². The molecular weight excluding hydrogens is 306 g/mol. The Hall–Kier alpha value is -1.66. The molecule has 2 N–H and O–H groups in total. The van der Waals surface area contributed by atoms with Crippen molar-refractivity contribution in [1.29, 1.82) is 0 Å². The van der Waals surface area contributed by atoms with E-state index < -0.39 is 4.92 Å². The average molecular weight is 328 g/mol. The third-order valence-corrected chi connectivity index (χ3v) is 4.08. The Morgan fingerprint density at radius 3 is 2.64 bits per heavy atom. The van der Waals surface area contributed by atoms with Crippen LogP contribution in [0, 0.1) is 22.5 Å². The second-order valence-electron chi connectivity index (χ2n) is 6.02. The van der Waals surface area contributed by atoms with Crippen molar-refractivity contribution in [2.24, 2.45) is 5.41 Å². The van der Waals surface area contributed by atoms with Crippen LogP contribution >= 0.6 is 12.4 Å². The smallest absolute Gasteiger partial charge is 0.282 e. The summed E-state index contributed by atoms with van der Waals surface area (Å²) < 4.78 is 0. The van der Waals surface area contributed by atoms with Gasteiger partial charge in [-0.2, -0.15) is 0 Å². The molecule has 0 bridgehead atoms. The first-order valence-corrected chi connectivity index (χ1v) is 7.15. The standard InChI is InChI=1S/C15H21N3O3.ClH/c1-11-3-4-13(18(20)21)12(9-11)14(19)17-10-15(2)5-7-16-8-6-15;/h3-4,9,16H,5-8,10H2,1-2H3,(H,17,19);1H. The van der Waals surface area contributed by atoms with Crippen molar-refractivity contribution in [1.82, 2.24) is 10.6 Å². The maximum atomic E-state index is 12.3. The Bertz CT molecular complexity index is 557. The number of carbonyl (C=O) groups is 1. The zero-order valence-corrected chi connectivity index (χ0v) is 13.7. The van der Waals surface area contributed by atoms with Gasteiger partial charge in [-0.25, -0.2) is 0 Å². The molecule has 6 nitrogen and oxygen atoms in total. The summed E-state index contributed by atoms with van der Waals surface area (Å²) in [5.41, 5.74) is 0.879.